The molecule has 19 heavy (non-hydrogen) atoms. The number of carbonyl (C=O) groups excluding carboxylic acids is 1. The van der Waals surface area contributed by atoms with Crippen molar-refractivity contribution in [2.24, 2.45) is 5.92 Å². The van der Waals surface area contributed by atoms with E-state index >= 15 is 0 Å². The summed E-state index contributed by atoms with van der Waals surface area (Å²) < 4.78 is 0. The molecule has 0 fully saturated rings. The van der Waals surface area contributed by atoms with Crippen LogP contribution >= 0.6 is 11.3 Å². The fraction of sp³-hybridized carbons (Fsp3) is 0.312. The van der Waals surface area contributed by atoms with E-state index in [-0.39, 0.29) is 17.7 Å². The predicted octanol–water partition coefficient (Wildman–Crippen LogP) is 3.87. The summed E-state index contributed by atoms with van der Waals surface area (Å²) in [7, 11) is 4.05. The lowest BCUT2D eigenvalue weighted by Gasteiger charge is -2.28. The molecular formula is C16H19NOS. The van der Waals surface area contributed by atoms with Gasteiger partial charge < -0.3 is 4.90 Å². The van der Waals surface area contributed by atoms with Gasteiger partial charge in [-0.15, -0.1) is 11.3 Å². The van der Waals surface area contributed by atoms with Gasteiger partial charge in [-0.3, -0.25) is 4.79 Å². The van der Waals surface area contributed by atoms with Crippen LogP contribution in [0.4, 0.5) is 0 Å². The Balaban J connectivity index is 2.26. The third-order valence-corrected chi connectivity index (χ3v) is 4.28. The lowest BCUT2D eigenvalue weighted by atomic mass is 9.91. The van der Waals surface area contributed by atoms with E-state index in [9.17, 15) is 4.79 Å². The van der Waals surface area contributed by atoms with E-state index in [0.29, 0.717) is 0 Å². The molecule has 0 spiro atoms. The molecule has 3 heteroatoms. The highest BCUT2D eigenvalue weighted by molar-refractivity contribution is 7.10. The first-order valence-electron chi connectivity index (χ1n) is 6.40. The molecule has 1 heterocycles. The van der Waals surface area contributed by atoms with E-state index in [1.165, 1.54) is 4.88 Å². The van der Waals surface area contributed by atoms with Gasteiger partial charge in [0.15, 0.2) is 5.78 Å². The van der Waals surface area contributed by atoms with Gasteiger partial charge in [-0.25, -0.2) is 0 Å². The Morgan fingerprint density at radius 1 is 1.11 bits per heavy atom. The summed E-state index contributed by atoms with van der Waals surface area (Å²) in [6.45, 7) is 2.01. The van der Waals surface area contributed by atoms with Crippen LogP contribution in [-0.2, 0) is 0 Å². The molecule has 100 valence electrons. The lowest BCUT2D eigenvalue weighted by molar-refractivity contribution is 0.0854. The SMILES string of the molecule is C[C@@H](C(=O)c1ccccc1)[C@@H](c1cccs1)N(C)C. The standard InChI is InChI=1S/C16H19NOS/c1-12(16(18)13-8-5-4-6-9-13)15(17(2)3)14-10-7-11-19-14/h4-12,15H,1-3H3/t12-,15+/m1/s1. The van der Waals surface area contributed by atoms with Crippen LogP contribution in [0.1, 0.15) is 28.2 Å². The molecule has 1 aromatic heterocycles. The number of rotatable bonds is 5. The fourth-order valence-electron chi connectivity index (χ4n) is 2.42. The minimum atomic E-state index is -0.0592. The molecule has 0 saturated heterocycles. The number of hydrogen-bond acceptors (Lipinski definition) is 3. The summed E-state index contributed by atoms with van der Waals surface area (Å²) in [6, 6.07) is 13.8. The maximum Gasteiger partial charge on any atom is 0.167 e. The molecule has 0 radical (unpaired) electrons. The van der Waals surface area contributed by atoms with Gasteiger partial charge in [0.25, 0.3) is 0 Å². The summed E-state index contributed by atoms with van der Waals surface area (Å²) >= 11 is 1.71. The van der Waals surface area contributed by atoms with E-state index < -0.39 is 0 Å². The van der Waals surface area contributed by atoms with Crippen LogP contribution in [0.5, 0.6) is 0 Å². The summed E-state index contributed by atoms with van der Waals surface area (Å²) in [4.78, 5) is 15.9. The van der Waals surface area contributed by atoms with Crippen LogP contribution in [0, 0.1) is 5.92 Å². The maximum atomic E-state index is 12.6. The van der Waals surface area contributed by atoms with Crippen LogP contribution in [0.3, 0.4) is 0 Å². The normalized spacial score (nSPS) is 14.3. The predicted molar refractivity (Wildman–Crippen MR) is 80.7 cm³/mol. The average molecular weight is 273 g/mol. The number of hydrogen-bond donors (Lipinski definition) is 0. The van der Waals surface area contributed by atoms with E-state index in [0.717, 1.165) is 5.56 Å². The topological polar surface area (TPSA) is 20.3 Å². The first-order chi connectivity index (χ1) is 9.11. The van der Waals surface area contributed by atoms with Gasteiger partial charge in [0.1, 0.15) is 0 Å². The molecule has 0 aliphatic rings. The van der Waals surface area contributed by atoms with Crippen molar-refractivity contribution < 1.29 is 4.79 Å². The molecule has 0 amide bonds. The Labute approximate surface area is 118 Å². The lowest BCUT2D eigenvalue weighted by Crippen LogP contribution is -2.30. The van der Waals surface area contributed by atoms with Gasteiger partial charge in [0.05, 0.1) is 6.04 Å². The molecule has 0 saturated carbocycles. The smallest absolute Gasteiger partial charge is 0.167 e. The van der Waals surface area contributed by atoms with Crippen molar-refractivity contribution in [1.82, 2.24) is 4.90 Å². The second-order valence-electron chi connectivity index (χ2n) is 4.94. The number of ketones is 1. The number of carbonyl (C=O) groups is 1. The van der Waals surface area contributed by atoms with Crippen molar-refractivity contribution >= 4 is 17.1 Å². The number of thiophene rings is 1. The van der Waals surface area contributed by atoms with Crippen LogP contribution in [0.2, 0.25) is 0 Å². The van der Waals surface area contributed by atoms with E-state index in [2.05, 4.69) is 16.3 Å². The summed E-state index contributed by atoms with van der Waals surface area (Å²) in [5, 5.41) is 2.06. The zero-order valence-electron chi connectivity index (χ0n) is 11.5. The van der Waals surface area contributed by atoms with E-state index in [1.54, 1.807) is 11.3 Å². The molecule has 0 aliphatic carbocycles. The van der Waals surface area contributed by atoms with Crippen LogP contribution in [0.25, 0.3) is 0 Å². The second kappa shape index (κ2) is 6.13. The Morgan fingerprint density at radius 2 is 1.79 bits per heavy atom. The highest BCUT2D eigenvalue weighted by Gasteiger charge is 2.28. The Kier molecular flexibility index (Phi) is 4.51. The third-order valence-electron chi connectivity index (χ3n) is 3.34. The quantitative estimate of drug-likeness (QED) is 0.771. The number of benzene rings is 1. The van der Waals surface area contributed by atoms with Gasteiger partial charge in [0.2, 0.25) is 0 Å². The van der Waals surface area contributed by atoms with Crippen molar-refractivity contribution in [1.29, 1.82) is 0 Å². The largest absolute Gasteiger partial charge is 0.301 e. The Hall–Kier alpha value is -1.45. The molecule has 2 rings (SSSR count). The molecule has 2 aromatic rings. The van der Waals surface area contributed by atoms with E-state index in [1.807, 2.05) is 57.4 Å². The molecular weight excluding hydrogens is 254 g/mol. The van der Waals surface area contributed by atoms with Crippen molar-refractivity contribution in [2.75, 3.05) is 14.1 Å². The Bertz CT molecular complexity index is 519. The fourth-order valence-corrected chi connectivity index (χ4v) is 3.44. The van der Waals surface area contributed by atoms with Gasteiger partial charge >= 0.3 is 0 Å². The first kappa shape index (κ1) is 14.0. The van der Waals surface area contributed by atoms with Gasteiger partial charge in [-0.05, 0) is 25.5 Å². The zero-order chi connectivity index (χ0) is 13.8. The molecule has 0 bridgehead atoms. The van der Waals surface area contributed by atoms with Gasteiger partial charge in [0, 0.05) is 16.4 Å². The second-order valence-corrected chi connectivity index (χ2v) is 5.92. The van der Waals surface area contributed by atoms with E-state index in [4.69, 9.17) is 0 Å². The average Bonchev–Trinajstić information content (AvgIpc) is 2.92. The molecule has 0 aliphatic heterocycles. The van der Waals surface area contributed by atoms with Crippen molar-refractivity contribution in [3.05, 3.63) is 58.3 Å². The zero-order valence-corrected chi connectivity index (χ0v) is 12.4. The van der Waals surface area contributed by atoms with Gasteiger partial charge in [-0.2, -0.15) is 0 Å². The molecule has 2 nitrogen and oxygen atoms in total. The van der Waals surface area contributed by atoms with Crippen molar-refractivity contribution in [3.8, 4) is 0 Å². The monoisotopic (exact) mass is 273 g/mol. The van der Waals surface area contributed by atoms with Crippen LogP contribution in [0.15, 0.2) is 47.8 Å². The van der Waals surface area contributed by atoms with Crippen molar-refractivity contribution in [2.45, 2.75) is 13.0 Å². The molecule has 2 atom stereocenters. The molecule has 0 N–H and O–H groups in total. The maximum absolute atomic E-state index is 12.6. The van der Waals surface area contributed by atoms with Gasteiger partial charge in [-0.1, -0.05) is 43.3 Å². The summed E-state index contributed by atoms with van der Waals surface area (Å²) in [5.74, 6) is 0.142. The van der Waals surface area contributed by atoms with Crippen LogP contribution in [-0.4, -0.2) is 24.8 Å². The summed E-state index contributed by atoms with van der Waals surface area (Å²) in [5.41, 5.74) is 0.790. The highest BCUT2D eigenvalue weighted by atomic mass is 32.1. The molecule has 1 aromatic carbocycles. The minimum absolute atomic E-state index is 0.0592. The highest BCUT2D eigenvalue weighted by Crippen LogP contribution is 2.32. The number of Topliss-reactive ketones (excluding diaryl/α,β-unsaturated/α-hetero) is 1. The third kappa shape index (κ3) is 3.11. The Morgan fingerprint density at radius 3 is 2.32 bits per heavy atom. The first-order valence-corrected chi connectivity index (χ1v) is 7.28. The minimum Gasteiger partial charge on any atom is -0.301 e. The summed E-state index contributed by atoms with van der Waals surface area (Å²) in [6.07, 6.45) is 0. The molecule has 0 unspecified atom stereocenters. The van der Waals surface area contributed by atoms with Crippen LogP contribution < -0.4 is 0 Å². The van der Waals surface area contributed by atoms with Crippen molar-refractivity contribution in [3.63, 3.8) is 0 Å². The number of nitrogens with zero attached hydrogens (tertiary/aromatic N) is 1.